The lowest BCUT2D eigenvalue weighted by Crippen LogP contribution is -2.18. The number of hydrogen-bond donors (Lipinski definition) is 2. The van der Waals surface area contributed by atoms with Crippen molar-refractivity contribution in [3.05, 3.63) is 95.6 Å². The predicted octanol–water partition coefficient (Wildman–Crippen LogP) is 4.38. The van der Waals surface area contributed by atoms with Gasteiger partial charge in [-0.3, -0.25) is 9.59 Å². The number of hydrazone groups is 1. The molecule has 0 spiro atoms. The van der Waals surface area contributed by atoms with Crippen molar-refractivity contribution in [2.24, 2.45) is 11.0 Å². The van der Waals surface area contributed by atoms with Crippen molar-refractivity contribution >= 4 is 23.7 Å². The number of hydrogen-bond acceptors (Lipinski definition) is 4. The summed E-state index contributed by atoms with van der Waals surface area (Å²) in [5, 5.41) is 6.88. The third-order valence-corrected chi connectivity index (χ3v) is 4.85. The van der Waals surface area contributed by atoms with Gasteiger partial charge in [0.25, 0.3) is 5.91 Å². The molecule has 1 aliphatic carbocycles. The van der Waals surface area contributed by atoms with Gasteiger partial charge in [0.1, 0.15) is 12.4 Å². The van der Waals surface area contributed by atoms with Crippen LogP contribution >= 0.6 is 0 Å². The molecule has 2 amide bonds. The van der Waals surface area contributed by atoms with Crippen LogP contribution in [0.5, 0.6) is 5.75 Å². The van der Waals surface area contributed by atoms with Gasteiger partial charge in [0.05, 0.1) is 6.21 Å². The highest BCUT2D eigenvalue weighted by Gasteiger charge is 2.29. The van der Waals surface area contributed by atoms with E-state index in [4.69, 9.17) is 4.74 Å². The molecule has 3 aromatic carbocycles. The van der Waals surface area contributed by atoms with Crippen LogP contribution in [0.3, 0.4) is 0 Å². The van der Waals surface area contributed by atoms with Gasteiger partial charge in [-0.05, 0) is 60.4 Å². The lowest BCUT2D eigenvalue weighted by atomic mass is 10.2. The quantitative estimate of drug-likeness (QED) is 0.425. The first-order valence-electron chi connectivity index (χ1n) is 10.2. The molecule has 1 fully saturated rings. The van der Waals surface area contributed by atoms with Crippen LogP contribution in [0.4, 0.5) is 5.69 Å². The fraction of sp³-hybridized carbons (Fsp3) is 0.160. The van der Waals surface area contributed by atoms with Crippen LogP contribution in [0.25, 0.3) is 0 Å². The van der Waals surface area contributed by atoms with Gasteiger partial charge in [0, 0.05) is 17.2 Å². The molecule has 6 heteroatoms. The summed E-state index contributed by atoms with van der Waals surface area (Å²) < 4.78 is 5.81. The van der Waals surface area contributed by atoms with Crippen LogP contribution in [0.2, 0.25) is 0 Å². The highest BCUT2D eigenvalue weighted by molar-refractivity contribution is 5.97. The second kappa shape index (κ2) is 9.71. The number of anilines is 1. The van der Waals surface area contributed by atoms with E-state index in [1.54, 1.807) is 30.5 Å². The lowest BCUT2D eigenvalue weighted by Gasteiger charge is -2.07. The SMILES string of the molecule is O=C(N/N=C/c1cccc(OCc2ccccc2)c1)c1ccc(NC(=O)C2CC2)cc1. The first-order chi connectivity index (χ1) is 15.2. The summed E-state index contributed by atoms with van der Waals surface area (Å²) >= 11 is 0. The molecule has 0 radical (unpaired) electrons. The van der Waals surface area contributed by atoms with E-state index < -0.39 is 0 Å². The van der Waals surface area contributed by atoms with Crippen molar-refractivity contribution in [3.8, 4) is 5.75 Å². The molecular weight excluding hydrogens is 390 g/mol. The van der Waals surface area contributed by atoms with Crippen molar-refractivity contribution in [2.45, 2.75) is 19.4 Å². The van der Waals surface area contributed by atoms with Crippen LogP contribution in [-0.2, 0) is 11.4 Å². The first kappa shape index (κ1) is 20.3. The van der Waals surface area contributed by atoms with E-state index in [0.717, 1.165) is 29.7 Å². The zero-order chi connectivity index (χ0) is 21.5. The minimum Gasteiger partial charge on any atom is -0.489 e. The van der Waals surface area contributed by atoms with Gasteiger partial charge in [0.2, 0.25) is 5.91 Å². The van der Waals surface area contributed by atoms with Crippen LogP contribution in [0, 0.1) is 5.92 Å². The fourth-order valence-corrected chi connectivity index (χ4v) is 2.95. The van der Waals surface area contributed by atoms with Crippen molar-refractivity contribution in [2.75, 3.05) is 5.32 Å². The van der Waals surface area contributed by atoms with E-state index in [0.29, 0.717) is 17.9 Å². The Labute approximate surface area is 180 Å². The van der Waals surface area contributed by atoms with Crippen LogP contribution < -0.4 is 15.5 Å². The molecule has 156 valence electrons. The summed E-state index contributed by atoms with van der Waals surface area (Å²) in [6.45, 7) is 0.481. The van der Waals surface area contributed by atoms with Gasteiger partial charge < -0.3 is 10.1 Å². The Morgan fingerprint density at radius 2 is 1.74 bits per heavy atom. The molecule has 2 N–H and O–H groups in total. The number of nitrogens with zero attached hydrogens (tertiary/aromatic N) is 1. The number of carbonyl (C=O) groups is 2. The smallest absolute Gasteiger partial charge is 0.271 e. The summed E-state index contributed by atoms with van der Waals surface area (Å²) in [5.74, 6) is 0.576. The maximum absolute atomic E-state index is 12.3. The van der Waals surface area contributed by atoms with Gasteiger partial charge in [-0.15, -0.1) is 0 Å². The van der Waals surface area contributed by atoms with E-state index in [1.165, 1.54) is 0 Å². The number of carbonyl (C=O) groups excluding carboxylic acids is 2. The van der Waals surface area contributed by atoms with Crippen LogP contribution in [0.1, 0.15) is 34.3 Å². The Morgan fingerprint density at radius 3 is 2.48 bits per heavy atom. The number of benzene rings is 3. The molecule has 4 rings (SSSR count). The monoisotopic (exact) mass is 413 g/mol. The van der Waals surface area contributed by atoms with E-state index in [1.807, 2.05) is 54.6 Å². The average molecular weight is 413 g/mol. The zero-order valence-corrected chi connectivity index (χ0v) is 17.0. The van der Waals surface area contributed by atoms with Gasteiger partial charge in [0.15, 0.2) is 0 Å². The maximum Gasteiger partial charge on any atom is 0.271 e. The second-order valence-corrected chi connectivity index (χ2v) is 7.39. The molecule has 6 nitrogen and oxygen atoms in total. The van der Waals surface area contributed by atoms with Gasteiger partial charge in [-0.2, -0.15) is 5.10 Å². The van der Waals surface area contributed by atoms with E-state index in [2.05, 4.69) is 15.8 Å². The third-order valence-electron chi connectivity index (χ3n) is 4.85. The average Bonchev–Trinajstić information content (AvgIpc) is 3.65. The Morgan fingerprint density at radius 1 is 0.968 bits per heavy atom. The van der Waals surface area contributed by atoms with Crippen molar-refractivity contribution in [1.82, 2.24) is 5.43 Å². The Hall–Kier alpha value is -3.93. The summed E-state index contributed by atoms with van der Waals surface area (Å²) in [7, 11) is 0. The van der Waals surface area contributed by atoms with E-state index in [-0.39, 0.29) is 17.7 Å². The number of rotatable bonds is 8. The molecule has 0 aromatic heterocycles. The number of nitrogens with one attached hydrogen (secondary N) is 2. The highest BCUT2D eigenvalue weighted by atomic mass is 16.5. The zero-order valence-electron chi connectivity index (χ0n) is 17.0. The predicted molar refractivity (Wildman–Crippen MR) is 120 cm³/mol. The van der Waals surface area contributed by atoms with Gasteiger partial charge >= 0.3 is 0 Å². The third kappa shape index (κ3) is 6.02. The van der Waals surface area contributed by atoms with Crippen molar-refractivity contribution in [1.29, 1.82) is 0 Å². The standard InChI is InChI=1S/C25H23N3O3/c29-24(20-9-10-20)27-22-13-11-21(12-14-22)25(30)28-26-16-19-7-4-8-23(15-19)31-17-18-5-2-1-3-6-18/h1-8,11-16,20H,9-10,17H2,(H,27,29)(H,28,30)/b26-16+. The van der Waals surface area contributed by atoms with Crippen molar-refractivity contribution < 1.29 is 14.3 Å². The van der Waals surface area contributed by atoms with E-state index in [9.17, 15) is 9.59 Å². The van der Waals surface area contributed by atoms with Gasteiger partial charge in [-0.1, -0.05) is 42.5 Å². The molecular formula is C25H23N3O3. The van der Waals surface area contributed by atoms with E-state index >= 15 is 0 Å². The summed E-state index contributed by atoms with van der Waals surface area (Å²) in [6, 6.07) is 24.2. The molecule has 0 saturated heterocycles. The minimum atomic E-state index is -0.326. The fourth-order valence-electron chi connectivity index (χ4n) is 2.95. The lowest BCUT2D eigenvalue weighted by molar-refractivity contribution is -0.117. The summed E-state index contributed by atoms with van der Waals surface area (Å²) in [5.41, 5.74) is 5.56. The first-order valence-corrected chi connectivity index (χ1v) is 10.2. The molecule has 0 unspecified atom stereocenters. The molecule has 0 aliphatic heterocycles. The number of ether oxygens (including phenoxy) is 1. The Balaban J connectivity index is 1.28. The van der Waals surface area contributed by atoms with Crippen LogP contribution in [-0.4, -0.2) is 18.0 Å². The topological polar surface area (TPSA) is 79.8 Å². The molecule has 31 heavy (non-hydrogen) atoms. The van der Waals surface area contributed by atoms with Crippen LogP contribution in [0.15, 0.2) is 84.0 Å². The Kier molecular flexibility index (Phi) is 6.38. The molecule has 1 aliphatic rings. The summed E-state index contributed by atoms with van der Waals surface area (Å²) in [6.07, 6.45) is 3.47. The van der Waals surface area contributed by atoms with Crippen molar-refractivity contribution in [3.63, 3.8) is 0 Å². The Bertz CT molecular complexity index is 1070. The summed E-state index contributed by atoms with van der Waals surface area (Å²) in [4.78, 5) is 24.1. The normalized spacial score (nSPS) is 13.0. The number of amides is 2. The molecule has 0 heterocycles. The molecule has 1 saturated carbocycles. The minimum absolute atomic E-state index is 0.0387. The molecule has 3 aromatic rings. The second-order valence-electron chi connectivity index (χ2n) is 7.39. The largest absolute Gasteiger partial charge is 0.489 e. The molecule has 0 atom stereocenters. The molecule has 0 bridgehead atoms. The maximum atomic E-state index is 12.3. The van der Waals surface area contributed by atoms with Gasteiger partial charge in [-0.25, -0.2) is 5.43 Å². The highest BCUT2D eigenvalue weighted by Crippen LogP contribution is 2.30.